The van der Waals surface area contributed by atoms with Gasteiger partial charge in [-0.2, -0.15) is 0 Å². The van der Waals surface area contributed by atoms with Crippen molar-refractivity contribution in [2.45, 2.75) is 129 Å². The lowest BCUT2D eigenvalue weighted by Crippen LogP contribution is -2.56. The molecule has 0 amide bonds. The standard InChI is InChI=1S/C24H41N3O2/c1-6-7-8-9-10-11-12-13-18-16-19-14-15-20-21(22(28)29-24(3,4)5)17(2)25-23(26-18)27(19)20/h18-20H,6-16H2,1-5H3,(H,25,26)/t18-,19+,20+/m1/s1. The van der Waals surface area contributed by atoms with Crippen molar-refractivity contribution in [3.63, 3.8) is 0 Å². The van der Waals surface area contributed by atoms with Crippen molar-refractivity contribution in [2.24, 2.45) is 4.99 Å². The molecule has 1 N–H and O–H groups in total. The van der Waals surface area contributed by atoms with Crippen LogP contribution in [-0.2, 0) is 9.53 Å². The first kappa shape index (κ1) is 22.2. The van der Waals surface area contributed by atoms with E-state index in [1.54, 1.807) is 0 Å². The summed E-state index contributed by atoms with van der Waals surface area (Å²) in [4.78, 5) is 20.3. The zero-order valence-electron chi connectivity index (χ0n) is 19.2. The summed E-state index contributed by atoms with van der Waals surface area (Å²) in [5.41, 5.74) is 1.24. The van der Waals surface area contributed by atoms with Gasteiger partial charge in [0.2, 0.25) is 0 Å². The third-order valence-corrected chi connectivity index (χ3v) is 6.39. The van der Waals surface area contributed by atoms with Crippen LogP contribution in [0.2, 0.25) is 0 Å². The topological polar surface area (TPSA) is 53.9 Å². The van der Waals surface area contributed by atoms with Gasteiger partial charge in [0.05, 0.1) is 17.7 Å². The summed E-state index contributed by atoms with van der Waals surface area (Å²) in [6.07, 6.45) is 13.9. The van der Waals surface area contributed by atoms with Crippen LogP contribution in [0.5, 0.6) is 0 Å². The Balaban J connectivity index is 1.60. The number of rotatable bonds is 9. The Morgan fingerprint density at radius 3 is 2.52 bits per heavy atom. The number of ether oxygens (including phenoxy) is 1. The molecule has 0 spiro atoms. The fourth-order valence-corrected chi connectivity index (χ4v) is 5.05. The molecule has 1 saturated heterocycles. The van der Waals surface area contributed by atoms with Crippen molar-refractivity contribution in [3.05, 3.63) is 11.3 Å². The van der Waals surface area contributed by atoms with Crippen LogP contribution in [0.3, 0.4) is 0 Å². The Bertz CT molecular complexity index is 647. The molecule has 3 aliphatic rings. The normalized spacial score (nSPS) is 26.2. The van der Waals surface area contributed by atoms with Crippen molar-refractivity contribution >= 4 is 11.9 Å². The van der Waals surface area contributed by atoms with Crippen molar-refractivity contribution < 1.29 is 9.53 Å². The van der Waals surface area contributed by atoms with Crippen LogP contribution >= 0.6 is 0 Å². The van der Waals surface area contributed by atoms with Crippen LogP contribution in [0.1, 0.15) is 105 Å². The van der Waals surface area contributed by atoms with Crippen molar-refractivity contribution in [1.29, 1.82) is 0 Å². The monoisotopic (exact) mass is 403 g/mol. The third kappa shape index (κ3) is 5.55. The molecule has 3 rings (SSSR count). The number of aliphatic imine (C=N–C) groups is 1. The Labute approximate surface area is 177 Å². The summed E-state index contributed by atoms with van der Waals surface area (Å²) in [7, 11) is 0. The van der Waals surface area contributed by atoms with Gasteiger partial charge in [-0.15, -0.1) is 0 Å². The van der Waals surface area contributed by atoms with Crippen LogP contribution in [0.4, 0.5) is 0 Å². The van der Waals surface area contributed by atoms with E-state index in [-0.39, 0.29) is 12.0 Å². The molecule has 0 aliphatic carbocycles. The summed E-state index contributed by atoms with van der Waals surface area (Å²) in [5, 5.41) is 3.45. The molecule has 1 fully saturated rings. The van der Waals surface area contributed by atoms with E-state index in [1.165, 1.54) is 51.4 Å². The van der Waals surface area contributed by atoms with Crippen LogP contribution in [0.25, 0.3) is 0 Å². The highest BCUT2D eigenvalue weighted by molar-refractivity contribution is 5.96. The fraction of sp³-hybridized carbons (Fsp3) is 0.833. The minimum Gasteiger partial charge on any atom is -0.457 e. The molecule has 0 bridgehead atoms. The molecule has 5 nitrogen and oxygen atoms in total. The van der Waals surface area contributed by atoms with Gasteiger partial charge in [-0.25, -0.2) is 9.79 Å². The number of hydrogen-bond acceptors (Lipinski definition) is 5. The highest BCUT2D eigenvalue weighted by Gasteiger charge is 2.46. The number of unbranched alkanes of at least 4 members (excludes halogenated alkanes) is 6. The van der Waals surface area contributed by atoms with E-state index in [4.69, 9.17) is 9.73 Å². The molecule has 0 aromatic carbocycles. The lowest BCUT2D eigenvalue weighted by molar-refractivity contribution is -0.150. The van der Waals surface area contributed by atoms with Gasteiger partial charge < -0.3 is 15.0 Å². The quantitative estimate of drug-likeness (QED) is 0.419. The minimum atomic E-state index is -0.472. The second kappa shape index (κ2) is 9.53. The summed E-state index contributed by atoms with van der Waals surface area (Å²) < 4.78 is 5.70. The largest absolute Gasteiger partial charge is 0.457 e. The van der Waals surface area contributed by atoms with Gasteiger partial charge in [0.25, 0.3) is 0 Å². The van der Waals surface area contributed by atoms with Gasteiger partial charge in [-0.05, 0) is 53.4 Å². The highest BCUT2D eigenvalue weighted by Crippen LogP contribution is 2.39. The van der Waals surface area contributed by atoms with E-state index in [1.807, 2.05) is 27.7 Å². The van der Waals surface area contributed by atoms with Gasteiger partial charge in [0.1, 0.15) is 5.60 Å². The van der Waals surface area contributed by atoms with Crippen LogP contribution < -0.4 is 5.32 Å². The van der Waals surface area contributed by atoms with Crippen molar-refractivity contribution in [3.8, 4) is 0 Å². The molecular weight excluding hydrogens is 362 g/mol. The Morgan fingerprint density at radius 1 is 1.14 bits per heavy atom. The second-order valence-electron chi connectivity index (χ2n) is 10.1. The fourth-order valence-electron chi connectivity index (χ4n) is 5.05. The third-order valence-electron chi connectivity index (χ3n) is 6.39. The van der Waals surface area contributed by atoms with Crippen LogP contribution in [0, 0.1) is 0 Å². The number of hydrogen-bond donors (Lipinski definition) is 1. The molecule has 0 aromatic heterocycles. The number of esters is 1. The van der Waals surface area contributed by atoms with E-state index in [0.717, 1.165) is 36.5 Å². The number of allylic oxidation sites excluding steroid dienone is 1. The molecule has 3 atom stereocenters. The predicted molar refractivity (Wildman–Crippen MR) is 119 cm³/mol. The van der Waals surface area contributed by atoms with Crippen molar-refractivity contribution in [1.82, 2.24) is 10.2 Å². The summed E-state index contributed by atoms with van der Waals surface area (Å²) in [6.45, 7) is 10.0. The molecule has 5 heteroatoms. The van der Waals surface area contributed by atoms with Gasteiger partial charge in [-0.1, -0.05) is 51.9 Å². The van der Waals surface area contributed by atoms with E-state index in [2.05, 4.69) is 17.1 Å². The molecule has 3 aliphatic heterocycles. The smallest absolute Gasteiger partial charge is 0.338 e. The number of carbonyl (C=O) groups is 1. The van der Waals surface area contributed by atoms with Gasteiger partial charge in [0, 0.05) is 11.7 Å². The molecule has 0 aromatic rings. The molecule has 164 valence electrons. The molecule has 3 heterocycles. The Morgan fingerprint density at radius 2 is 1.83 bits per heavy atom. The Hall–Kier alpha value is -1.52. The summed E-state index contributed by atoms with van der Waals surface area (Å²) >= 11 is 0. The number of carbonyl (C=O) groups excluding carboxylic acids is 1. The lowest BCUT2D eigenvalue weighted by Gasteiger charge is -2.43. The highest BCUT2D eigenvalue weighted by atomic mass is 16.6. The predicted octanol–water partition coefficient (Wildman–Crippen LogP) is 5.31. The van der Waals surface area contributed by atoms with Gasteiger partial charge in [0.15, 0.2) is 5.96 Å². The van der Waals surface area contributed by atoms with Gasteiger partial charge >= 0.3 is 5.97 Å². The maximum absolute atomic E-state index is 12.8. The van der Waals surface area contributed by atoms with Gasteiger partial charge in [-0.3, -0.25) is 0 Å². The average Bonchev–Trinajstić information content (AvgIpc) is 3.04. The first-order chi connectivity index (χ1) is 13.8. The van der Waals surface area contributed by atoms with Crippen molar-refractivity contribution in [2.75, 3.05) is 0 Å². The number of nitrogens with one attached hydrogen (secondary N) is 1. The molecule has 0 radical (unpaired) electrons. The lowest BCUT2D eigenvalue weighted by atomic mass is 9.97. The van der Waals surface area contributed by atoms with E-state index in [0.29, 0.717) is 12.1 Å². The number of nitrogens with zero attached hydrogens (tertiary/aromatic N) is 2. The van der Waals surface area contributed by atoms with Crippen LogP contribution in [-0.4, -0.2) is 40.6 Å². The SMILES string of the molecule is CCCCCCCCC[C@@H]1C[C@@H]2CC[C@H]3C(C(=O)OC(C)(C)C)=C(C)NC(=N1)N23. The van der Waals surface area contributed by atoms with E-state index in [9.17, 15) is 4.79 Å². The summed E-state index contributed by atoms with van der Waals surface area (Å²) in [6, 6.07) is 1.04. The maximum Gasteiger partial charge on any atom is 0.338 e. The summed E-state index contributed by atoms with van der Waals surface area (Å²) in [5.74, 6) is 0.805. The average molecular weight is 404 g/mol. The number of guanidine groups is 1. The first-order valence-corrected chi connectivity index (χ1v) is 11.9. The molecule has 0 unspecified atom stereocenters. The van der Waals surface area contributed by atoms with Crippen LogP contribution in [0.15, 0.2) is 16.3 Å². The maximum atomic E-state index is 12.8. The first-order valence-electron chi connectivity index (χ1n) is 11.9. The zero-order valence-corrected chi connectivity index (χ0v) is 19.2. The molecule has 0 saturated carbocycles. The second-order valence-corrected chi connectivity index (χ2v) is 10.1. The molecule has 29 heavy (non-hydrogen) atoms. The Kier molecular flexibility index (Phi) is 7.28. The van der Waals surface area contributed by atoms with E-state index >= 15 is 0 Å². The minimum absolute atomic E-state index is 0.120. The van der Waals surface area contributed by atoms with E-state index < -0.39 is 5.60 Å². The molecular formula is C24H41N3O2. The zero-order chi connectivity index (χ0) is 21.0.